The van der Waals surface area contributed by atoms with Crippen LogP contribution in [-0.2, 0) is 4.79 Å². The Morgan fingerprint density at radius 2 is 2.00 bits per heavy atom. The zero-order chi connectivity index (χ0) is 14.6. The van der Waals surface area contributed by atoms with Gasteiger partial charge in [-0.15, -0.1) is 11.8 Å². The number of hydrogen-bond acceptors (Lipinski definition) is 5. The Kier molecular flexibility index (Phi) is 5.29. The molecular formula is C12H17N3O3S. The number of nitrogens with one attached hydrogen (secondary N) is 1. The molecule has 0 saturated carbocycles. The highest BCUT2D eigenvalue weighted by Gasteiger charge is 2.23. The van der Waals surface area contributed by atoms with Gasteiger partial charge in [0.05, 0.1) is 11.3 Å². The third-order valence-electron chi connectivity index (χ3n) is 2.60. The van der Waals surface area contributed by atoms with E-state index >= 15 is 0 Å². The van der Waals surface area contributed by atoms with Crippen molar-refractivity contribution in [3.63, 3.8) is 0 Å². The quantitative estimate of drug-likeness (QED) is 0.627. The summed E-state index contributed by atoms with van der Waals surface area (Å²) < 4.78 is 0. The number of carboxylic acid groups (broad SMARTS) is 1. The molecule has 0 fully saturated rings. The molecule has 0 unspecified atom stereocenters. The number of carbonyl (C=O) groups excluding carboxylic acids is 1. The van der Waals surface area contributed by atoms with E-state index in [-0.39, 0.29) is 0 Å². The molecule has 0 bridgehead atoms. The number of hydrogen-bond donors (Lipinski definition) is 2. The molecule has 0 spiro atoms. The van der Waals surface area contributed by atoms with Crippen molar-refractivity contribution in [1.29, 1.82) is 0 Å². The second kappa shape index (κ2) is 6.51. The first-order valence-corrected chi connectivity index (χ1v) is 7.06. The second-order valence-corrected chi connectivity index (χ2v) is 4.81. The molecule has 19 heavy (non-hydrogen) atoms. The minimum Gasteiger partial charge on any atom is -0.480 e. The van der Waals surface area contributed by atoms with E-state index in [1.54, 1.807) is 20.8 Å². The number of aryl methyl sites for hydroxylation is 2. The van der Waals surface area contributed by atoms with Crippen molar-refractivity contribution in [3.05, 3.63) is 17.1 Å². The van der Waals surface area contributed by atoms with E-state index in [9.17, 15) is 9.59 Å². The maximum absolute atomic E-state index is 12.2. The van der Waals surface area contributed by atoms with Crippen molar-refractivity contribution in [2.24, 2.45) is 0 Å². The smallest absolute Gasteiger partial charge is 0.326 e. The van der Waals surface area contributed by atoms with Crippen LogP contribution in [0.25, 0.3) is 0 Å². The number of carboxylic acids is 1. The van der Waals surface area contributed by atoms with Gasteiger partial charge < -0.3 is 10.4 Å². The molecule has 0 aliphatic heterocycles. The van der Waals surface area contributed by atoms with Gasteiger partial charge in [0.15, 0.2) is 0 Å². The number of aliphatic carboxylic acids is 1. The largest absolute Gasteiger partial charge is 0.480 e. The predicted octanol–water partition coefficient (Wildman–Crippen LogP) is 1.41. The molecule has 0 aliphatic carbocycles. The fourth-order valence-electron chi connectivity index (χ4n) is 1.66. The molecule has 1 aromatic heterocycles. The summed E-state index contributed by atoms with van der Waals surface area (Å²) in [5.74, 6) is -0.910. The lowest BCUT2D eigenvalue weighted by Gasteiger charge is -2.15. The molecule has 1 aromatic rings. The van der Waals surface area contributed by atoms with E-state index in [1.807, 2.05) is 6.26 Å². The van der Waals surface area contributed by atoms with Gasteiger partial charge in [0.1, 0.15) is 16.9 Å². The lowest BCUT2D eigenvalue weighted by atomic mass is 10.2. The van der Waals surface area contributed by atoms with Crippen molar-refractivity contribution >= 4 is 23.6 Å². The summed E-state index contributed by atoms with van der Waals surface area (Å²) in [4.78, 5) is 31.4. The number of nitrogens with zero attached hydrogens (tertiary/aromatic N) is 2. The van der Waals surface area contributed by atoms with E-state index in [2.05, 4.69) is 15.3 Å². The molecule has 104 valence electrons. The van der Waals surface area contributed by atoms with Gasteiger partial charge in [-0.2, -0.15) is 0 Å². The van der Waals surface area contributed by atoms with Gasteiger partial charge in [-0.05, 0) is 26.5 Å². The molecule has 0 aromatic carbocycles. The lowest BCUT2D eigenvalue weighted by molar-refractivity contribution is -0.139. The average Bonchev–Trinajstić information content (AvgIpc) is 2.33. The average molecular weight is 283 g/mol. The zero-order valence-corrected chi connectivity index (χ0v) is 12.2. The molecular weight excluding hydrogens is 266 g/mol. The van der Waals surface area contributed by atoms with Crippen LogP contribution in [0.15, 0.2) is 5.03 Å². The van der Waals surface area contributed by atoms with Gasteiger partial charge in [-0.25, -0.2) is 14.8 Å². The van der Waals surface area contributed by atoms with Crippen LogP contribution >= 0.6 is 11.8 Å². The minimum atomic E-state index is -1.05. The number of carbonyl (C=O) groups is 2. The Hall–Kier alpha value is -1.63. The Morgan fingerprint density at radius 3 is 2.47 bits per heavy atom. The molecule has 1 heterocycles. The topological polar surface area (TPSA) is 92.2 Å². The van der Waals surface area contributed by atoms with Gasteiger partial charge in [0.25, 0.3) is 5.91 Å². The summed E-state index contributed by atoms with van der Waals surface area (Å²) in [7, 11) is 0. The summed E-state index contributed by atoms with van der Waals surface area (Å²) in [6, 6.07) is -0.900. The highest BCUT2D eigenvalue weighted by atomic mass is 32.2. The van der Waals surface area contributed by atoms with Crippen molar-refractivity contribution in [2.75, 3.05) is 6.26 Å². The molecule has 6 nitrogen and oxygen atoms in total. The number of rotatable bonds is 5. The maximum atomic E-state index is 12.2. The fraction of sp³-hybridized carbons (Fsp3) is 0.500. The molecule has 2 N–H and O–H groups in total. The highest BCUT2D eigenvalue weighted by Crippen LogP contribution is 2.20. The Balaban J connectivity index is 3.09. The normalized spacial score (nSPS) is 12.0. The van der Waals surface area contributed by atoms with E-state index < -0.39 is 17.9 Å². The first-order valence-electron chi connectivity index (χ1n) is 5.83. The summed E-state index contributed by atoms with van der Waals surface area (Å²) in [6.07, 6.45) is 2.13. The van der Waals surface area contributed by atoms with E-state index in [0.717, 1.165) is 0 Å². The van der Waals surface area contributed by atoms with Crippen LogP contribution in [0, 0.1) is 13.8 Å². The third kappa shape index (κ3) is 3.66. The van der Waals surface area contributed by atoms with Crippen LogP contribution < -0.4 is 5.32 Å². The van der Waals surface area contributed by atoms with Crippen LogP contribution in [0.5, 0.6) is 0 Å². The monoisotopic (exact) mass is 283 g/mol. The zero-order valence-electron chi connectivity index (χ0n) is 11.4. The fourth-order valence-corrected chi connectivity index (χ4v) is 2.33. The maximum Gasteiger partial charge on any atom is 0.326 e. The van der Waals surface area contributed by atoms with Crippen LogP contribution in [-0.4, -0.2) is 39.2 Å². The van der Waals surface area contributed by atoms with Crippen molar-refractivity contribution in [2.45, 2.75) is 38.3 Å². The summed E-state index contributed by atoms with van der Waals surface area (Å²) in [6.45, 7) is 5.17. The number of thioether (sulfide) groups is 1. The molecule has 0 aliphatic rings. The van der Waals surface area contributed by atoms with E-state index in [4.69, 9.17) is 5.11 Å². The van der Waals surface area contributed by atoms with E-state index in [0.29, 0.717) is 28.5 Å². The highest BCUT2D eigenvalue weighted by molar-refractivity contribution is 7.98. The number of amides is 1. The summed E-state index contributed by atoms with van der Waals surface area (Å²) in [5, 5.41) is 12.0. The second-order valence-electron chi connectivity index (χ2n) is 4.01. The first kappa shape index (κ1) is 15.4. The third-order valence-corrected chi connectivity index (χ3v) is 3.28. The van der Waals surface area contributed by atoms with Crippen LogP contribution in [0.3, 0.4) is 0 Å². The van der Waals surface area contributed by atoms with Crippen molar-refractivity contribution < 1.29 is 14.7 Å². The molecule has 0 radical (unpaired) electrons. The molecule has 7 heteroatoms. The minimum absolute atomic E-state index is 0.321. The van der Waals surface area contributed by atoms with Gasteiger partial charge in [0, 0.05) is 0 Å². The summed E-state index contributed by atoms with van der Waals surface area (Å²) >= 11 is 1.34. The SMILES string of the molecule is CC[C@H](NC(=O)c1c(C)nc(C)nc1SC)C(=O)O. The van der Waals surface area contributed by atoms with E-state index in [1.165, 1.54) is 11.8 Å². The predicted molar refractivity (Wildman–Crippen MR) is 72.5 cm³/mol. The standard InChI is InChI=1S/C12H17N3O3S/c1-5-8(12(17)18)15-10(16)9-6(2)13-7(3)14-11(9)19-4/h8H,5H2,1-4H3,(H,15,16)(H,17,18)/t8-/m0/s1. The van der Waals surface area contributed by atoms with Crippen LogP contribution in [0.4, 0.5) is 0 Å². The molecule has 1 atom stereocenters. The lowest BCUT2D eigenvalue weighted by Crippen LogP contribution is -2.40. The van der Waals surface area contributed by atoms with Crippen LogP contribution in [0.1, 0.15) is 35.2 Å². The Labute approximate surface area is 116 Å². The first-order chi connectivity index (χ1) is 8.90. The van der Waals surface area contributed by atoms with Gasteiger partial charge in [-0.1, -0.05) is 6.92 Å². The number of aromatic nitrogens is 2. The van der Waals surface area contributed by atoms with Gasteiger partial charge in [0.2, 0.25) is 0 Å². The molecule has 0 saturated heterocycles. The Bertz CT molecular complexity index is 505. The van der Waals surface area contributed by atoms with Gasteiger partial charge in [-0.3, -0.25) is 4.79 Å². The van der Waals surface area contributed by atoms with Gasteiger partial charge >= 0.3 is 5.97 Å². The molecule has 1 rings (SSSR count). The molecule has 1 amide bonds. The van der Waals surface area contributed by atoms with Crippen LogP contribution in [0.2, 0.25) is 0 Å². The Morgan fingerprint density at radius 1 is 1.37 bits per heavy atom. The summed E-state index contributed by atoms with van der Waals surface area (Å²) in [5.41, 5.74) is 0.896. The van der Waals surface area contributed by atoms with Crippen molar-refractivity contribution in [1.82, 2.24) is 15.3 Å². The van der Waals surface area contributed by atoms with Crippen molar-refractivity contribution in [3.8, 4) is 0 Å².